The fourth-order valence-corrected chi connectivity index (χ4v) is 2.35. The summed E-state index contributed by atoms with van der Waals surface area (Å²) >= 11 is 0. The van der Waals surface area contributed by atoms with Gasteiger partial charge in [0.1, 0.15) is 0 Å². The molecule has 1 N–H and O–H groups in total. The minimum absolute atomic E-state index is 0.714. The van der Waals surface area contributed by atoms with Crippen molar-refractivity contribution < 1.29 is 0 Å². The average molecular weight is 197 g/mol. The van der Waals surface area contributed by atoms with E-state index in [1.54, 1.807) is 0 Å². The van der Waals surface area contributed by atoms with Crippen LogP contribution in [-0.4, -0.2) is 13.1 Å². The first kappa shape index (κ1) is 12.0. The predicted molar refractivity (Wildman–Crippen MR) is 63.5 cm³/mol. The van der Waals surface area contributed by atoms with Crippen molar-refractivity contribution in [3.63, 3.8) is 0 Å². The molecule has 0 amide bonds. The third-order valence-corrected chi connectivity index (χ3v) is 3.76. The van der Waals surface area contributed by atoms with Crippen LogP contribution in [0.2, 0.25) is 0 Å². The van der Waals surface area contributed by atoms with Gasteiger partial charge < -0.3 is 5.32 Å². The molecule has 0 bridgehead atoms. The van der Waals surface area contributed by atoms with Crippen LogP contribution in [0.15, 0.2) is 0 Å². The van der Waals surface area contributed by atoms with Crippen molar-refractivity contribution in [2.24, 2.45) is 11.3 Å². The Morgan fingerprint density at radius 1 is 1.14 bits per heavy atom. The molecule has 0 spiro atoms. The molecular weight excluding hydrogens is 170 g/mol. The zero-order chi connectivity index (χ0) is 10.4. The lowest BCUT2D eigenvalue weighted by molar-refractivity contribution is 0.322. The minimum Gasteiger partial charge on any atom is -0.316 e. The van der Waals surface area contributed by atoms with Crippen LogP contribution in [-0.2, 0) is 0 Å². The molecule has 84 valence electrons. The zero-order valence-electron chi connectivity index (χ0n) is 10.2. The minimum atomic E-state index is 0.714. The van der Waals surface area contributed by atoms with Gasteiger partial charge in [0.2, 0.25) is 0 Å². The van der Waals surface area contributed by atoms with E-state index in [1.807, 2.05) is 0 Å². The number of hydrogen-bond acceptors (Lipinski definition) is 1. The van der Waals surface area contributed by atoms with Gasteiger partial charge in [-0.3, -0.25) is 0 Å². The Morgan fingerprint density at radius 3 is 2.21 bits per heavy atom. The second kappa shape index (κ2) is 5.75. The first-order chi connectivity index (χ1) is 6.76. The molecule has 14 heavy (non-hydrogen) atoms. The highest BCUT2D eigenvalue weighted by Gasteiger charge is 2.42. The fraction of sp³-hybridized carbons (Fsp3) is 1.00. The van der Waals surface area contributed by atoms with E-state index in [9.17, 15) is 0 Å². The van der Waals surface area contributed by atoms with Crippen LogP contribution in [0.25, 0.3) is 0 Å². The van der Waals surface area contributed by atoms with E-state index in [0.29, 0.717) is 5.41 Å². The van der Waals surface area contributed by atoms with Crippen molar-refractivity contribution in [2.75, 3.05) is 13.1 Å². The molecule has 0 radical (unpaired) electrons. The lowest BCUT2D eigenvalue weighted by Crippen LogP contribution is -2.26. The van der Waals surface area contributed by atoms with Gasteiger partial charge in [0, 0.05) is 6.54 Å². The lowest BCUT2D eigenvalue weighted by atomic mass is 9.88. The Balaban J connectivity index is 2.20. The molecule has 0 atom stereocenters. The van der Waals surface area contributed by atoms with Crippen LogP contribution in [0, 0.1) is 11.3 Å². The Labute approximate surface area is 89.7 Å². The molecule has 0 unspecified atom stereocenters. The van der Waals surface area contributed by atoms with E-state index in [0.717, 1.165) is 5.92 Å². The summed E-state index contributed by atoms with van der Waals surface area (Å²) in [5.41, 5.74) is 0.714. The zero-order valence-corrected chi connectivity index (χ0v) is 10.2. The fourth-order valence-electron chi connectivity index (χ4n) is 2.35. The van der Waals surface area contributed by atoms with Gasteiger partial charge in [-0.15, -0.1) is 0 Å². The molecule has 0 aromatic heterocycles. The van der Waals surface area contributed by atoms with Crippen LogP contribution in [0.1, 0.15) is 59.3 Å². The van der Waals surface area contributed by atoms with Gasteiger partial charge in [-0.25, -0.2) is 0 Å². The van der Waals surface area contributed by atoms with Gasteiger partial charge in [0.25, 0.3) is 0 Å². The molecule has 1 saturated carbocycles. The molecule has 0 heterocycles. The topological polar surface area (TPSA) is 12.0 Å². The normalized spacial score (nSPS) is 18.9. The number of nitrogens with one attached hydrogen (secondary N) is 1. The maximum atomic E-state index is 3.59. The second-order valence-corrected chi connectivity index (χ2v) is 5.06. The molecule has 1 nitrogen and oxygen atoms in total. The largest absolute Gasteiger partial charge is 0.316 e. The molecule has 0 saturated heterocycles. The van der Waals surface area contributed by atoms with Crippen LogP contribution >= 0.6 is 0 Å². The van der Waals surface area contributed by atoms with Crippen molar-refractivity contribution in [3.8, 4) is 0 Å². The molecular formula is C13H27N. The summed E-state index contributed by atoms with van der Waals surface area (Å²) in [5.74, 6) is 0.973. The van der Waals surface area contributed by atoms with E-state index < -0.39 is 0 Å². The maximum Gasteiger partial charge on any atom is 0.000791 e. The van der Waals surface area contributed by atoms with Crippen LogP contribution < -0.4 is 5.32 Å². The van der Waals surface area contributed by atoms with E-state index in [-0.39, 0.29) is 0 Å². The van der Waals surface area contributed by atoms with Gasteiger partial charge in [-0.2, -0.15) is 0 Å². The third kappa shape index (κ3) is 3.61. The Bertz CT molecular complexity index is 145. The van der Waals surface area contributed by atoms with E-state index in [4.69, 9.17) is 0 Å². The van der Waals surface area contributed by atoms with Crippen molar-refractivity contribution in [3.05, 3.63) is 0 Å². The summed E-state index contributed by atoms with van der Waals surface area (Å²) in [5, 5.41) is 3.59. The summed E-state index contributed by atoms with van der Waals surface area (Å²) in [6.45, 7) is 9.39. The smallest absolute Gasteiger partial charge is 0.000791 e. The van der Waals surface area contributed by atoms with Crippen LogP contribution in [0.3, 0.4) is 0 Å². The molecule has 0 aromatic carbocycles. The Morgan fingerprint density at radius 2 is 1.79 bits per heavy atom. The van der Waals surface area contributed by atoms with Crippen LogP contribution in [0.4, 0.5) is 0 Å². The SMILES string of the molecule is CCCNCC1(CC(CC)CC)CC1. The number of rotatable bonds is 8. The molecule has 1 aliphatic carbocycles. The van der Waals surface area contributed by atoms with E-state index >= 15 is 0 Å². The predicted octanol–water partition coefficient (Wildman–Crippen LogP) is 3.59. The standard InChI is InChI=1S/C13H27N/c1-4-9-14-11-13(7-8-13)10-12(5-2)6-3/h12,14H,4-11H2,1-3H3. The average Bonchev–Trinajstić information content (AvgIpc) is 2.96. The van der Waals surface area contributed by atoms with E-state index in [1.165, 1.54) is 51.6 Å². The third-order valence-electron chi connectivity index (χ3n) is 3.76. The lowest BCUT2D eigenvalue weighted by Gasteiger charge is -2.21. The Hall–Kier alpha value is -0.0400. The van der Waals surface area contributed by atoms with Gasteiger partial charge >= 0.3 is 0 Å². The summed E-state index contributed by atoms with van der Waals surface area (Å²) in [6.07, 6.45) is 8.41. The first-order valence-electron chi connectivity index (χ1n) is 6.47. The summed E-state index contributed by atoms with van der Waals surface area (Å²) < 4.78 is 0. The Kier molecular flexibility index (Phi) is 4.94. The molecule has 1 rings (SSSR count). The molecule has 0 aromatic rings. The van der Waals surface area contributed by atoms with Crippen molar-refractivity contribution >= 4 is 0 Å². The first-order valence-corrected chi connectivity index (χ1v) is 6.47. The van der Waals surface area contributed by atoms with Crippen molar-refractivity contribution in [1.29, 1.82) is 0 Å². The molecule has 1 fully saturated rings. The number of hydrogen-bond donors (Lipinski definition) is 1. The summed E-state index contributed by atoms with van der Waals surface area (Å²) in [7, 11) is 0. The monoisotopic (exact) mass is 197 g/mol. The summed E-state index contributed by atoms with van der Waals surface area (Å²) in [4.78, 5) is 0. The quantitative estimate of drug-likeness (QED) is 0.586. The second-order valence-electron chi connectivity index (χ2n) is 5.06. The molecule has 0 aliphatic heterocycles. The van der Waals surface area contributed by atoms with Gasteiger partial charge in [0.15, 0.2) is 0 Å². The molecule has 1 heteroatoms. The van der Waals surface area contributed by atoms with Crippen molar-refractivity contribution in [1.82, 2.24) is 5.32 Å². The maximum absolute atomic E-state index is 3.59. The highest BCUT2D eigenvalue weighted by molar-refractivity contribution is 4.95. The van der Waals surface area contributed by atoms with E-state index in [2.05, 4.69) is 26.1 Å². The summed E-state index contributed by atoms with van der Waals surface area (Å²) in [6, 6.07) is 0. The molecule has 1 aliphatic rings. The highest BCUT2D eigenvalue weighted by Crippen LogP contribution is 2.50. The van der Waals surface area contributed by atoms with Gasteiger partial charge in [-0.1, -0.05) is 33.6 Å². The van der Waals surface area contributed by atoms with Gasteiger partial charge in [0.05, 0.1) is 0 Å². The highest BCUT2D eigenvalue weighted by atomic mass is 14.9. The van der Waals surface area contributed by atoms with Gasteiger partial charge in [-0.05, 0) is 43.6 Å². The van der Waals surface area contributed by atoms with Crippen LogP contribution in [0.5, 0.6) is 0 Å². The van der Waals surface area contributed by atoms with Crippen molar-refractivity contribution in [2.45, 2.75) is 59.3 Å².